The van der Waals surface area contributed by atoms with Crippen LogP contribution in [0.1, 0.15) is 36.2 Å². The number of sulfonamides is 1. The topological polar surface area (TPSA) is 69.7 Å². The molecule has 24 heavy (non-hydrogen) atoms. The van der Waals surface area contributed by atoms with Crippen LogP contribution >= 0.6 is 0 Å². The van der Waals surface area contributed by atoms with Crippen molar-refractivity contribution < 1.29 is 13.2 Å². The molecule has 1 aliphatic rings. The predicted molar refractivity (Wildman–Crippen MR) is 94.7 cm³/mol. The Labute approximate surface area is 144 Å². The number of benzene rings is 1. The van der Waals surface area contributed by atoms with Crippen LogP contribution in [0.2, 0.25) is 0 Å². The summed E-state index contributed by atoms with van der Waals surface area (Å²) in [7, 11) is -1.79. The molecule has 2 rings (SSSR count). The maximum absolute atomic E-state index is 12.8. The summed E-state index contributed by atoms with van der Waals surface area (Å²) in [6.45, 7) is 7.94. The number of hydrogen-bond donors (Lipinski definition) is 1. The Kier molecular flexibility index (Phi) is 6.01. The second-order valence-corrected chi connectivity index (χ2v) is 8.07. The van der Waals surface area contributed by atoms with Crippen LogP contribution in [0.3, 0.4) is 0 Å². The summed E-state index contributed by atoms with van der Waals surface area (Å²) in [6, 6.07) is 4.96. The van der Waals surface area contributed by atoms with Gasteiger partial charge in [0.1, 0.15) is 0 Å². The maximum Gasteiger partial charge on any atom is 0.254 e. The fourth-order valence-corrected chi connectivity index (χ4v) is 4.52. The zero-order chi connectivity index (χ0) is 17.9. The highest BCUT2D eigenvalue weighted by molar-refractivity contribution is 7.89. The second-order valence-electron chi connectivity index (χ2n) is 6.13. The van der Waals surface area contributed by atoms with E-state index in [9.17, 15) is 13.2 Å². The van der Waals surface area contributed by atoms with Crippen LogP contribution in [0.25, 0.3) is 0 Å². The SMILES string of the molecule is CCN(CC)S(=O)(=O)c1ccc(C)c(C(=O)N(C)C2CCNC2)c1. The number of nitrogens with one attached hydrogen (secondary N) is 1. The smallest absolute Gasteiger partial charge is 0.254 e. The van der Waals surface area contributed by atoms with Crippen molar-refractivity contribution in [1.29, 1.82) is 0 Å². The van der Waals surface area contributed by atoms with Gasteiger partial charge in [0.05, 0.1) is 4.90 Å². The minimum absolute atomic E-state index is 0.127. The van der Waals surface area contributed by atoms with Gasteiger partial charge in [0.25, 0.3) is 5.91 Å². The lowest BCUT2D eigenvalue weighted by Crippen LogP contribution is -2.38. The first kappa shape index (κ1) is 18.9. The average Bonchev–Trinajstić information content (AvgIpc) is 3.09. The fraction of sp³-hybridized carbons (Fsp3) is 0.588. The summed E-state index contributed by atoms with van der Waals surface area (Å²) < 4.78 is 26.8. The molecule has 1 aliphatic heterocycles. The lowest BCUT2D eigenvalue weighted by atomic mass is 10.1. The maximum atomic E-state index is 12.8. The molecule has 1 unspecified atom stereocenters. The van der Waals surface area contributed by atoms with Gasteiger partial charge in [0, 0.05) is 38.3 Å². The molecule has 1 aromatic rings. The first-order chi connectivity index (χ1) is 11.3. The van der Waals surface area contributed by atoms with Crippen LogP contribution in [-0.2, 0) is 10.0 Å². The van der Waals surface area contributed by atoms with E-state index in [1.54, 1.807) is 24.1 Å². The lowest BCUT2D eigenvalue weighted by Gasteiger charge is -2.25. The molecule has 1 amide bonds. The van der Waals surface area contributed by atoms with Crippen LogP contribution in [0.4, 0.5) is 0 Å². The van der Waals surface area contributed by atoms with E-state index in [4.69, 9.17) is 0 Å². The van der Waals surface area contributed by atoms with E-state index in [-0.39, 0.29) is 16.8 Å². The number of nitrogens with zero attached hydrogens (tertiary/aromatic N) is 2. The number of aryl methyl sites for hydroxylation is 1. The number of likely N-dealkylation sites (N-methyl/N-ethyl adjacent to an activating group) is 1. The van der Waals surface area contributed by atoms with Crippen molar-refractivity contribution in [2.24, 2.45) is 0 Å². The Bertz CT molecular complexity index is 693. The molecule has 1 saturated heterocycles. The molecular weight excluding hydrogens is 326 g/mol. The lowest BCUT2D eigenvalue weighted by molar-refractivity contribution is 0.0743. The zero-order valence-corrected chi connectivity index (χ0v) is 15.7. The van der Waals surface area contributed by atoms with Crippen LogP contribution in [0.15, 0.2) is 23.1 Å². The van der Waals surface area contributed by atoms with Gasteiger partial charge in [-0.1, -0.05) is 19.9 Å². The molecular formula is C17H27N3O3S. The van der Waals surface area contributed by atoms with Crippen molar-refractivity contribution in [2.75, 3.05) is 33.2 Å². The van der Waals surface area contributed by atoms with Gasteiger partial charge in [0.2, 0.25) is 10.0 Å². The van der Waals surface area contributed by atoms with E-state index in [1.807, 2.05) is 20.8 Å². The zero-order valence-electron chi connectivity index (χ0n) is 14.9. The third-order valence-corrected chi connectivity index (χ3v) is 6.73. The molecule has 0 bridgehead atoms. The summed E-state index contributed by atoms with van der Waals surface area (Å²) in [6.07, 6.45) is 0.915. The summed E-state index contributed by atoms with van der Waals surface area (Å²) in [4.78, 5) is 14.7. The third kappa shape index (κ3) is 3.63. The Morgan fingerprint density at radius 2 is 1.96 bits per heavy atom. The highest BCUT2D eigenvalue weighted by Gasteiger charge is 2.27. The molecule has 1 atom stereocenters. The van der Waals surface area contributed by atoms with Gasteiger partial charge in [-0.05, 0) is 37.6 Å². The molecule has 1 N–H and O–H groups in total. The quantitative estimate of drug-likeness (QED) is 0.841. The molecule has 6 nitrogen and oxygen atoms in total. The molecule has 7 heteroatoms. The van der Waals surface area contributed by atoms with Gasteiger partial charge in [-0.15, -0.1) is 0 Å². The molecule has 0 saturated carbocycles. The Hall–Kier alpha value is -1.44. The molecule has 1 heterocycles. The van der Waals surface area contributed by atoms with Crippen LogP contribution in [0.5, 0.6) is 0 Å². The number of rotatable bonds is 6. The van der Waals surface area contributed by atoms with E-state index < -0.39 is 10.0 Å². The van der Waals surface area contributed by atoms with E-state index in [0.29, 0.717) is 18.7 Å². The summed E-state index contributed by atoms with van der Waals surface area (Å²) in [5.41, 5.74) is 1.24. The predicted octanol–water partition coefficient (Wildman–Crippen LogP) is 1.46. The van der Waals surface area contributed by atoms with E-state index >= 15 is 0 Å². The molecule has 134 valence electrons. The van der Waals surface area contributed by atoms with Crippen LogP contribution in [0, 0.1) is 6.92 Å². The second kappa shape index (κ2) is 7.63. The van der Waals surface area contributed by atoms with Gasteiger partial charge in [-0.25, -0.2) is 8.42 Å². The van der Waals surface area contributed by atoms with Crippen molar-refractivity contribution in [2.45, 2.75) is 38.1 Å². The molecule has 1 fully saturated rings. The summed E-state index contributed by atoms with van der Waals surface area (Å²) in [5, 5.41) is 3.24. The van der Waals surface area contributed by atoms with Gasteiger partial charge >= 0.3 is 0 Å². The average molecular weight is 353 g/mol. The number of carbonyl (C=O) groups excluding carboxylic acids is 1. The minimum Gasteiger partial charge on any atom is -0.337 e. The van der Waals surface area contributed by atoms with Crippen LogP contribution < -0.4 is 5.32 Å². The number of hydrogen-bond acceptors (Lipinski definition) is 4. The first-order valence-corrected chi connectivity index (χ1v) is 9.85. The van der Waals surface area contributed by atoms with Gasteiger partial charge in [-0.3, -0.25) is 4.79 Å². The Morgan fingerprint density at radius 3 is 2.50 bits per heavy atom. The third-order valence-electron chi connectivity index (χ3n) is 4.69. The molecule has 1 aromatic carbocycles. The highest BCUT2D eigenvalue weighted by Crippen LogP contribution is 2.21. The van der Waals surface area contributed by atoms with Crippen molar-refractivity contribution in [3.8, 4) is 0 Å². The Balaban J connectivity index is 2.36. The van der Waals surface area contributed by atoms with Crippen LogP contribution in [-0.4, -0.2) is 62.8 Å². The standard InChI is InChI=1S/C17H27N3O3S/c1-5-20(6-2)24(22,23)15-8-7-13(3)16(11-15)17(21)19(4)14-9-10-18-12-14/h7-8,11,14,18H,5-6,9-10,12H2,1-4H3. The molecule has 0 radical (unpaired) electrons. The van der Waals surface area contributed by atoms with E-state index in [0.717, 1.165) is 25.1 Å². The van der Waals surface area contributed by atoms with Crippen molar-refractivity contribution in [1.82, 2.24) is 14.5 Å². The highest BCUT2D eigenvalue weighted by atomic mass is 32.2. The monoisotopic (exact) mass is 353 g/mol. The van der Waals surface area contributed by atoms with E-state index in [1.165, 1.54) is 10.4 Å². The first-order valence-electron chi connectivity index (χ1n) is 8.41. The minimum atomic E-state index is -3.57. The van der Waals surface area contributed by atoms with Gasteiger partial charge in [-0.2, -0.15) is 4.31 Å². The molecule has 0 aromatic heterocycles. The largest absolute Gasteiger partial charge is 0.337 e. The van der Waals surface area contributed by atoms with Gasteiger partial charge in [0.15, 0.2) is 0 Å². The van der Waals surface area contributed by atoms with Gasteiger partial charge < -0.3 is 10.2 Å². The Morgan fingerprint density at radius 1 is 1.29 bits per heavy atom. The van der Waals surface area contributed by atoms with Crippen molar-refractivity contribution in [3.05, 3.63) is 29.3 Å². The van der Waals surface area contributed by atoms with Crippen molar-refractivity contribution >= 4 is 15.9 Å². The fourth-order valence-electron chi connectivity index (χ4n) is 3.03. The van der Waals surface area contributed by atoms with E-state index in [2.05, 4.69) is 5.32 Å². The van der Waals surface area contributed by atoms with Crippen molar-refractivity contribution in [3.63, 3.8) is 0 Å². The summed E-state index contributed by atoms with van der Waals surface area (Å²) >= 11 is 0. The number of amides is 1. The molecule has 0 spiro atoms. The normalized spacial score (nSPS) is 18.1. The summed E-state index contributed by atoms with van der Waals surface area (Å²) in [5.74, 6) is -0.127. The number of carbonyl (C=O) groups is 1. The molecule has 0 aliphatic carbocycles.